The summed E-state index contributed by atoms with van der Waals surface area (Å²) in [5.41, 5.74) is 2.66. The van der Waals surface area contributed by atoms with Gasteiger partial charge in [-0.2, -0.15) is 0 Å². The molecule has 3 heterocycles. The number of rotatable bonds is 9. The fourth-order valence-electron chi connectivity index (χ4n) is 4.24. The predicted octanol–water partition coefficient (Wildman–Crippen LogP) is 5.30. The van der Waals surface area contributed by atoms with E-state index in [4.69, 9.17) is 18.3 Å². The molecule has 0 atom stereocenters. The minimum atomic E-state index is -0.418. The number of pyridine rings is 1. The van der Waals surface area contributed by atoms with E-state index in [1.54, 1.807) is 18.2 Å². The van der Waals surface area contributed by atoms with Crippen LogP contribution in [0.5, 0.6) is 23.1 Å². The zero-order chi connectivity index (χ0) is 25.9. The summed E-state index contributed by atoms with van der Waals surface area (Å²) in [6, 6.07) is 12.7. The third kappa shape index (κ3) is 4.53. The van der Waals surface area contributed by atoms with E-state index < -0.39 is 5.88 Å². The normalized spacial score (nSPS) is 11.2. The second-order valence-electron chi connectivity index (χ2n) is 8.37. The van der Waals surface area contributed by atoms with Crippen LogP contribution in [0.15, 0.2) is 51.3 Å². The molecule has 5 aromatic rings. The van der Waals surface area contributed by atoms with Gasteiger partial charge < -0.3 is 28.5 Å². The molecule has 5 rings (SSSR count). The van der Waals surface area contributed by atoms with Crippen LogP contribution in [0.1, 0.15) is 37.2 Å². The second-order valence-corrected chi connectivity index (χ2v) is 8.37. The van der Waals surface area contributed by atoms with Gasteiger partial charge >= 0.3 is 0 Å². The summed E-state index contributed by atoms with van der Waals surface area (Å²) < 4.78 is 22.7. The van der Waals surface area contributed by atoms with Crippen LogP contribution < -0.4 is 9.47 Å². The predicted molar refractivity (Wildman–Crippen MR) is 135 cm³/mol. The first-order chi connectivity index (χ1) is 18.0. The maximum atomic E-state index is 11.5. The molecule has 0 radical (unpaired) electrons. The molecule has 2 N–H and O–H groups in total. The molecule has 0 unspecified atom stereocenters. The lowest BCUT2D eigenvalue weighted by molar-refractivity contribution is 0.395. The van der Waals surface area contributed by atoms with Gasteiger partial charge in [-0.1, -0.05) is 31.5 Å². The number of aromatic nitrogens is 4. The smallest absolute Gasteiger partial charge is 0.257 e. The molecule has 2 aromatic carbocycles. The molecule has 10 heteroatoms. The number of ether oxygens (including phenoxy) is 2. The molecule has 37 heavy (non-hydrogen) atoms. The molecule has 0 amide bonds. The van der Waals surface area contributed by atoms with Crippen molar-refractivity contribution in [2.24, 2.45) is 0 Å². The van der Waals surface area contributed by atoms with Gasteiger partial charge in [-0.25, -0.2) is 9.97 Å². The highest BCUT2D eigenvalue weighted by Crippen LogP contribution is 2.49. The molecule has 0 saturated carbocycles. The monoisotopic (exact) mass is 502 g/mol. The third-order valence-corrected chi connectivity index (χ3v) is 5.99. The number of methoxy groups -OCH3 is 2. The minimum Gasteiger partial charge on any atom is -0.506 e. The van der Waals surface area contributed by atoms with Gasteiger partial charge in [-0.15, -0.1) is 10.2 Å². The molecule has 0 aliphatic carbocycles. The lowest BCUT2D eigenvalue weighted by atomic mass is 9.95. The van der Waals surface area contributed by atoms with Crippen LogP contribution in [-0.2, 0) is 12.8 Å². The Morgan fingerprint density at radius 2 is 1.57 bits per heavy atom. The number of fused-ring (bicyclic) bond motifs is 1. The highest BCUT2D eigenvalue weighted by molar-refractivity contribution is 5.88. The van der Waals surface area contributed by atoms with Crippen LogP contribution in [-0.4, -0.2) is 44.6 Å². The molecule has 0 bridgehead atoms. The van der Waals surface area contributed by atoms with Gasteiger partial charge in [-0.05, 0) is 37.1 Å². The Labute approximate surface area is 212 Å². The highest BCUT2D eigenvalue weighted by Gasteiger charge is 2.29. The Bertz CT molecular complexity index is 1500. The van der Waals surface area contributed by atoms with Crippen molar-refractivity contribution in [3.05, 3.63) is 59.9 Å². The number of nitrogens with zero attached hydrogens (tertiary/aromatic N) is 4. The standard InChI is InChI=1S/C27H26N4O6/c1-4-5-9-16-22(23-18(34-2)12-8-13-19(23)35-3)25(32)24(26(33)29-16)27-31-30-21(37-27)14-20-28-15-10-6-7-11-17(15)36-20/h6-8,10-13H,4-5,9,14H2,1-3H3,(H2,29,32,33). The number of hydrogen-bond acceptors (Lipinski definition) is 10. The van der Waals surface area contributed by atoms with Gasteiger partial charge in [0.15, 0.2) is 5.58 Å². The Kier molecular flexibility index (Phi) is 6.63. The molecule has 0 aliphatic rings. The van der Waals surface area contributed by atoms with Crippen molar-refractivity contribution >= 4 is 11.1 Å². The van der Waals surface area contributed by atoms with Gasteiger partial charge in [0, 0.05) is 0 Å². The van der Waals surface area contributed by atoms with Gasteiger partial charge in [0.2, 0.25) is 17.7 Å². The number of aromatic hydroxyl groups is 2. The average molecular weight is 503 g/mol. The van der Waals surface area contributed by atoms with E-state index in [2.05, 4.69) is 20.2 Å². The molecule has 10 nitrogen and oxygen atoms in total. The first kappa shape index (κ1) is 24.1. The molecule has 3 aromatic heterocycles. The zero-order valence-corrected chi connectivity index (χ0v) is 20.7. The molecular formula is C27H26N4O6. The van der Waals surface area contributed by atoms with Crippen molar-refractivity contribution in [2.75, 3.05) is 14.2 Å². The Morgan fingerprint density at radius 1 is 0.811 bits per heavy atom. The van der Waals surface area contributed by atoms with E-state index in [1.807, 2.05) is 31.2 Å². The van der Waals surface area contributed by atoms with Gasteiger partial charge in [0.05, 0.1) is 31.0 Å². The van der Waals surface area contributed by atoms with Gasteiger partial charge in [-0.3, -0.25) is 0 Å². The van der Waals surface area contributed by atoms with Crippen molar-refractivity contribution in [3.63, 3.8) is 0 Å². The Hall–Kier alpha value is -4.60. The number of oxazole rings is 1. The maximum Gasteiger partial charge on any atom is 0.257 e. The summed E-state index contributed by atoms with van der Waals surface area (Å²) in [6.07, 6.45) is 2.35. The molecule has 0 fully saturated rings. The second kappa shape index (κ2) is 10.2. The van der Waals surface area contributed by atoms with Crippen molar-refractivity contribution < 1.29 is 28.5 Å². The summed E-state index contributed by atoms with van der Waals surface area (Å²) >= 11 is 0. The molecule has 0 aliphatic heterocycles. The lowest BCUT2D eigenvalue weighted by Gasteiger charge is -2.18. The quantitative estimate of drug-likeness (QED) is 0.273. The van der Waals surface area contributed by atoms with Crippen molar-refractivity contribution in [2.45, 2.75) is 32.6 Å². The summed E-state index contributed by atoms with van der Waals surface area (Å²) in [5.74, 6) is 0.785. The van der Waals surface area contributed by atoms with E-state index in [1.165, 1.54) is 14.2 Å². The summed E-state index contributed by atoms with van der Waals surface area (Å²) in [6.45, 7) is 2.05. The largest absolute Gasteiger partial charge is 0.506 e. The first-order valence-corrected chi connectivity index (χ1v) is 11.9. The van der Waals surface area contributed by atoms with E-state index in [0.29, 0.717) is 46.2 Å². The fraction of sp³-hybridized carbons (Fsp3) is 0.259. The van der Waals surface area contributed by atoms with Crippen LogP contribution in [0.25, 0.3) is 33.7 Å². The maximum absolute atomic E-state index is 11.5. The van der Waals surface area contributed by atoms with Crippen LogP contribution in [0.4, 0.5) is 0 Å². The topological polar surface area (TPSA) is 137 Å². The number of aryl methyl sites for hydroxylation is 1. The summed E-state index contributed by atoms with van der Waals surface area (Å²) in [7, 11) is 3.07. The van der Waals surface area contributed by atoms with E-state index in [-0.39, 0.29) is 29.5 Å². The highest BCUT2D eigenvalue weighted by atomic mass is 16.5. The van der Waals surface area contributed by atoms with E-state index in [0.717, 1.165) is 18.4 Å². The zero-order valence-electron chi connectivity index (χ0n) is 20.7. The van der Waals surface area contributed by atoms with Crippen molar-refractivity contribution in [3.8, 4) is 45.7 Å². The van der Waals surface area contributed by atoms with Crippen LogP contribution in [0, 0.1) is 0 Å². The van der Waals surface area contributed by atoms with E-state index in [9.17, 15) is 10.2 Å². The number of benzene rings is 2. The van der Waals surface area contributed by atoms with Crippen molar-refractivity contribution in [1.82, 2.24) is 20.2 Å². The molecule has 0 saturated heterocycles. The van der Waals surface area contributed by atoms with E-state index >= 15 is 0 Å². The number of hydrogen-bond donors (Lipinski definition) is 2. The van der Waals surface area contributed by atoms with Gasteiger partial charge in [0.25, 0.3) is 5.89 Å². The first-order valence-electron chi connectivity index (χ1n) is 11.9. The Balaban J connectivity index is 1.60. The Morgan fingerprint density at radius 3 is 2.27 bits per heavy atom. The van der Waals surface area contributed by atoms with Crippen LogP contribution in [0.3, 0.4) is 0 Å². The molecule has 190 valence electrons. The SMILES string of the molecule is CCCCc1nc(O)c(-c2nnc(Cc3nc4ccccc4o3)o2)c(O)c1-c1c(OC)cccc1OC. The number of para-hydroxylation sites is 2. The molecule has 0 spiro atoms. The third-order valence-electron chi connectivity index (χ3n) is 5.99. The summed E-state index contributed by atoms with van der Waals surface area (Å²) in [5, 5.41) is 30.5. The minimum absolute atomic E-state index is 0.0838. The number of unbranched alkanes of at least 4 members (excludes halogenated alkanes) is 1. The molecular weight excluding hydrogens is 476 g/mol. The van der Waals surface area contributed by atoms with Gasteiger partial charge in [0.1, 0.15) is 34.7 Å². The lowest BCUT2D eigenvalue weighted by Crippen LogP contribution is -2.01. The average Bonchev–Trinajstić information content (AvgIpc) is 3.53. The van der Waals surface area contributed by atoms with Crippen LogP contribution in [0.2, 0.25) is 0 Å². The van der Waals surface area contributed by atoms with Crippen LogP contribution >= 0.6 is 0 Å². The summed E-state index contributed by atoms with van der Waals surface area (Å²) in [4.78, 5) is 8.85. The van der Waals surface area contributed by atoms with Crippen molar-refractivity contribution in [1.29, 1.82) is 0 Å². The fourth-order valence-corrected chi connectivity index (χ4v) is 4.24.